The molecule has 0 heterocycles. The van der Waals surface area contributed by atoms with Crippen LogP contribution in [0.25, 0.3) is 0 Å². The number of allylic oxidation sites excluding steroid dienone is 6. The number of nitrogens with two attached hydrogens (primary N) is 1. The van der Waals surface area contributed by atoms with Gasteiger partial charge in [-0.1, -0.05) is 134 Å². The van der Waals surface area contributed by atoms with Crippen molar-refractivity contribution in [2.45, 2.75) is 168 Å². The van der Waals surface area contributed by atoms with Crippen LogP contribution in [0.4, 0.5) is 0 Å². The molecule has 0 aromatic rings. The Balaban J connectivity index is 4.24. The second kappa shape index (κ2) is 35.1. The summed E-state index contributed by atoms with van der Waals surface area (Å²) < 4.78 is 32.6. The average Bonchev–Trinajstić information content (AvgIpc) is 3.07. The van der Waals surface area contributed by atoms with Gasteiger partial charge in [-0.25, -0.2) is 4.57 Å². The maximum Gasteiger partial charge on any atom is 0.472 e. The molecule has 0 aromatic heterocycles. The second-order valence-electron chi connectivity index (χ2n) is 12.4. The first-order valence-corrected chi connectivity index (χ1v) is 20.5. The number of ether oxygens (including phenoxy) is 2. The minimum absolute atomic E-state index is 0.0503. The van der Waals surface area contributed by atoms with E-state index in [4.69, 9.17) is 24.3 Å². The Morgan fingerprint density at radius 3 is 1.65 bits per heavy atom. The Morgan fingerprint density at radius 1 is 0.625 bits per heavy atom. The van der Waals surface area contributed by atoms with Gasteiger partial charge >= 0.3 is 19.8 Å². The molecule has 2 atom stereocenters. The molecule has 0 aromatic carbocycles. The molecule has 0 radical (unpaired) electrons. The largest absolute Gasteiger partial charge is 0.472 e. The molecule has 0 rings (SSSR count). The van der Waals surface area contributed by atoms with Crippen molar-refractivity contribution < 1.29 is 37.6 Å². The number of carbonyl (C=O) groups excluding carboxylic acids is 2. The zero-order chi connectivity index (χ0) is 35.4. The lowest BCUT2D eigenvalue weighted by Gasteiger charge is -2.19. The number of rotatable bonds is 35. The van der Waals surface area contributed by atoms with Gasteiger partial charge in [0.2, 0.25) is 0 Å². The van der Waals surface area contributed by atoms with Crippen LogP contribution in [0.3, 0.4) is 0 Å². The summed E-state index contributed by atoms with van der Waals surface area (Å²) in [6.45, 7) is 3.65. The molecule has 1 unspecified atom stereocenters. The van der Waals surface area contributed by atoms with E-state index in [-0.39, 0.29) is 32.6 Å². The Hall–Kier alpha value is -1.77. The van der Waals surface area contributed by atoms with Gasteiger partial charge in [-0.05, 0) is 51.4 Å². The topological polar surface area (TPSA) is 134 Å². The average molecular weight is 700 g/mol. The number of phosphoric acid groups is 1. The fraction of sp³-hybridized carbons (Fsp3) is 0.789. The first kappa shape index (κ1) is 46.2. The molecule has 0 spiro atoms. The summed E-state index contributed by atoms with van der Waals surface area (Å²) in [5, 5.41) is 0. The minimum Gasteiger partial charge on any atom is -0.462 e. The molecule has 0 aliphatic rings. The lowest BCUT2D eigenvalue weighted by atomic mass is 10.1. The van der Waals surface area contributed by atoms with Gasteiger partial charge in [-0.15, -0.1) is 0 Å². The maximum absolute atomic E-state index is 12.5. The molecule has 3 N–H and O–H groups in total. The minimum atomic E-state index is -4.37. The zero-order valence-corrected chi connectivity index (χ0v) is 31.4. The van der Waals surface area contributed by atoms with E-state index >= 15 is 0 Å². The zero-order valence-electron chi connectivity index (χ0n) is 30.5. The van der Waals surface area contributed by atoms with Crippen LogP contribution in [0.2, 0.25) is 0 Å². The van der Waals surface area contributed by atoms with Gasteiger partial charge in [0.05, 0.1) is 13.2 Å². The summed E-state index contributed by atoms with van der Waals surface area (Å²) in [5.41, 5.74) is 5.32. The van der Waals surface area contributed by atoms with Crippen LogP contribution in [0.1, 0.15) is 162 Å². The SMILES string of the molecule is CCCCC/C=C\C/C=C\C/C=C\CCCCCCC(=O)OC[C@H](COP(=O)(O)OCCN)OC(=O)CCCCCCCCCCCC. The predicted octanol–water partition coefficient (Wildman–Crippen LogP) is 10.2. The lowest BCUT2D eigenvalue weighted by Crippen LogP contribution is -2.29. The first-order chi connectivity index (χ1) is 23.3. The van der Waals surface area contributed by atoms with E-state index in [9.17, 15) is 19.0 Å². The second-order valence-corrected chi connectivity index (χ2v) is 13.9. The molecule has 0 bridgehead atoms. The van der Waals surface area contributed by atoms with Gasteiger partial charge in [0, 0.05) is 19.4 Å². The van der Waals surface area contributed by atoms with E-state index in [0.717, 1.165) is 57.8 Å². The third kappa shape index (κ3) is 34.1. The Labute approximate surface area is 293 Å². The molecule has 48 heavy (non-hydrogen) atoms. The van der Waals surface area contributed by atoms with Crippen LogP contribution in [-0.4, -0.2) is 49.3 Å². The van der Waals surface area contributed by atoms with Crippen molar-refractivity contribution in [2.75, 3.05) is 26.4 Å². The number of carbonyl (C=O) groups is 2. The van der Waals surface area contributed by atoms with Crippen molar-refractivity contribution in [2.24, 2.45) is 5.73 Å². The maximum atomic E-state index is 12.5. The smallest absolute Gasteiger partial charge is 0.462 e. The Bertz CT molecular complexity index is 892. The van der Waals surface area contributed by atoms with Crippen LogP contribution in [0, 0.1) is 0 Å². The fourth-order valence-corrected chi connectivity index (χ4v) is 5.70. The molecule has 0 saturated carbocycles. The first-order valence-electron chi connectivity index (χ1n) is 19.0. The Kier molecular flexibility index (Phi) is 33.8. The molecule has 280 valence electrons. The van der Waals surface area contributed by atoms with Gasteiger partial charge < -0.3 is 20.1 Å². The molecule has 9 nitrogen and oxygen atoms in total. The molecular formula is C38H70NO8P. The lowest BCUT2D eigenvalue weighted by molar-refractivity contribution is -0.161. The van der Waals surface area contributed by atoms with E-state index in [0.29, 0.717) is 12.8 Å². The highest BCUT2D eigenvalue weighted by Gasteiger charge is 2.25. The van der Waals surface area contributed by atoms with Crippen molar-refractivity contribution in [3.8, 4) is 0 Å². The van der Waals surface area contributed by atoms with Crippen molar-refractivity contribution >= 4 is 19.8 Å². The van der Waals surface area contributed by atoms with Crippen LogP contribution in [0.15, 0.2) is 36.5 Å². The van der Waals surface area contributed by atoms with Gasteiger partial charge in [0.15, 0.2) is 6.10 Å². The third-order valence-electron chi connectivity index (χ3n) is 7.78. The highest BCUT2D eigenvalue weighted by molar-refractivity contribution is 7.47. The summed E-state index contributed by atoms with van der Waals surface area (Å²) in [4.78, 5) is 34.6. The number of phosphoric ester groups is 1. The van der Waals surface area contributed by atoms with Crippen molar-refractivity contribution in [3.05, 3.63) is 36.5 Å². The van der Waals surface area contributed by atoms with Crippen LogP contribution < -0.4 is 5.73 Å². The van der Waals surface area contributed by atoms with Crippen molar-refractivity contribution in [3.63, 3.8) is 0 Å². The van der Waals surface area contributed by atoms with Crippen LogP contribution >= 0.6 is 7.82 Å². The van der Waals surface area contributed by atoms with E-state index in [1.807, 2.05) is 0 Å². The summed E-state index contributed by atoms with van der Waals surface area (Å²) in [5.74, 6) is -0.856. The highest BCUT2D eigenvalue weighted by atomic mass is 31.2. The van der Waals surface area contributed by atoms with Crippen LogP contribution in [-0.2, 0) is 32.7 Å². The molecule has 0 saturated heterocycles. The third-order valence-corrected chi connectivity index (χ3v) is 8.76. The standard InChI is InChI=1S/C38H70NO8P/c1-3-5-7-9-11-13-15-16-17-18-19-20-21-23-24-26-28-30-37(40)44-34-36(35-46-48(42,43)45-33-32-39)47-38(41)31-29-27-25-22-14-12-10-8-6-4-2/h11,13,16-17,19-20,36H,3-10,12,14-15,18,21-35,39H2,1-2H3,(H,42,43)/b13-11-,17-16-,20-19-/t36-/m1/s1. The number of hydrogen-bond donors (Lipinski definition) is 2. The summed E-state index contributed by atoms with van der Waals surface area (Å²) in [6.07, 6.45) is 36.0. The highest BCUT2D eigenvalue weighted by Crippen LogP contribution is 2.43. The van der Waals surface area contributed by atoms with Crippen molar-refractivity contribution in [1.29, 1.82) is 0 Å². The van der Waals surface area contributed by atoms with Crippen molar-refractivity contribution in [1.82, 2.24) is 0 Å². The number of unbranched alkanes of at least 4 members (excludes halogenated alkanes) is 16. The van der Waals surface area contributed by atoms with Gasteiger partial charge in [0.1, 0.15) is 6.61 Å². The summed E-state index contributed by atoms with van der Waals surface area (Å²) in [7, 11) is -4.37. The van der Waals surface area contributed by atoms with E-state index in [2.05, 4.69) is 50.3 Å². The summed E-state index contributed by atoms with van der Waals surface area (Å²) in [6, 6.07) is 0. The quantitative estimate of drug-likeness (QED) is 0.0287. The molecule has 0 aliphatic carbocycles. The molecule has 0 amide bonds. The number of hydrogen-bond acceptors (Lipinski definition) is 8. The monoisotopic (exact) mass is 699 g/mol. The van der Waals surface area contributed by atoms with Gasteiger partial charge in [-0.3, -0.25) is 18.6 Å². The molecule has 0 fully saturated rings. The van der Waals surface area contributed by atoms with E-state index < -0.39 is 32.5 Å². The molecular weight excluding hydrogens is 629 g/mol. The van der Waals surface area contributed by atoms with Gasteiger partial charge in [-0.2, -0.15) is 0 Å². The fourth-order valence-electron chi connectivity index (χ4n) is 4.93. The molecule has 10 heteroatoms. The summed E-state index contributed by atoms with van der Waals surface area (Å²) >= 11 is 0. The normalized spacial score (nSPS) is 13.8. The Morgan fingerprint density at radius 2 is 1.08 bits per heavy atom. The van der Waals surface area contributed by atoms with Crippen LogP contribution in [0.5, 0.6) is 0 Å². The molecule has 0 aliphatic heterocycles. The van der Waals surface area contributed by atoms with E-state index in [1.165, 1.54) is 64.2 Å². The predicted molar refractivity (Wildman–Crippen MR) is 197 cm³/mol. The van der Waals surface area contributed by atoms with Gasteiger partial charge in [0.25, 0.3) is 0 Å². The number of esters is 2. The van der Waals surface area contributed by atoms with E-state index in [1.54, 1.807) is 0 Å².